The number of hydrogen-bond acceptors (Lipinski definition) is 4. The summed E-state index contributed by atoms with van der Waals surface area (Å²) in [7, 11) is 0. The fraction of sp³-hybridized carbons (Fsp3) is 0.633. The van der Waals surface area contributed by atoms with Gasteiger partial charge in [-0.2, -0.15) is 0 Å². The van der Waals surface area contributed by atoms with Crippen LogP contribution in [-0.4, -0.2) is 52.5 Å². The summed E-state index contributed by atoms with van der Waals surface area (Å²) in [5.41, 5.74) is 0.399. The average molecular weight is 540 g/mol. The Morgan fingerprint density at radius 2 is 1.68 bits per heavy atom. The summed E-state index contributed by atoms with van der Waals surface area (Å²) in [6, 6.07) is 4.76. The first-order valence-corrected chi connectivity index (χ1v) is 14.8. The highest BCUT2D eigenvalue weighted by molar-refractivity contribution is 6.31. The van der Waals surface area contributed by atoms with Crippen LogP contribution in [0.25, 0.3) is 0 Å². The number of likely N-dealkylation sites (tertiary alicyclic amines) is 1. The van der Waals surface area contributed by atoms with Crippen LogP contribution in [0.1, 0.15) is 76.2 Å². The molecule has 0 radical (unpaired) electrons. The number of fused-ring (bicyclic) bond motifs is 1. The van der Waals surface area contributed by atoms with Crippen LogP contribution in [0.5, 0.6) is 0 Å². The van der Waals surface area contributed by atoms with E-state index in [0.717, 1.165) is 69.8 Å². The largest absolute Gasteiger partial charge is 0.359 e. The first-order valence-electron chi connectivity index (χ1n) is 14.5. The minimum absolute atomic E-state index is 0.0113. The van der Waals surface area contributed by atoms with Gasteiger partial charge in [0.25, 0.3) is 0 Å². The normalized spacial score (nSPS) is 33.3. The van der Waals surface area contributed by atoms with Crippen LogP contribution in [0.3, 0.4) is 0 Å². The Morgan fingerprint density at radius 1 is 1.00 bits per heavy atom. The smallest absolute Gasteiger partial charge is 0.246 e. The summed E-state index contributed by atoms with van der Waals surface area (Å²) >= 11 is 6.29. The summed E-state index contributed by atoms with van der Waals surface area (Å²) in [5.74, 6) is -1.94. The van der Waals surface area contributed by atoms with Crippen molar-refractivity contribution >= 4 is 35.0 Å². The Morgan fingerprint density at radius 3 is 2.39 bits per heavy atom. The lowest BCUT2D eigenvalue weighted by Gasteiger charge is -2.37. The Kier molecular flexibility index (Phi) is 7.02. The molecule has 6 rings (SSSR count). The van der Waals surface area contributed by atoms with E-state index in [-0.39, 0.29) is 29.8 Å². The number of halogens is 1. The lowest BCUT2D eigenvalue weighted by Crippen LogP contribution is -2.58. The first-order chi connectivity index (χ1) is 18.4. The molecule has 1 aromatic rings. The van der Waals surface area contributed by atoms with Crippen molar-refractivity contribution < 1.29 is 19.1 Å². The van der Waals surface area contributed by atoms with Crippen molar-refractivity contribution in [3.63, 3.8) is 0 Å². The lowest BCUT2D eigenvalue weighted by molar-refractivity contribution is -0.144. The molecule has 2 aliphatic carbocycles. The molecule has 1 spiro atoms. The second kappa shape index (κ2) is 10.3. The van der Waals surface area contributed by atoms with Crippen LogP contribution in [0.15, 0.2) is 30.4 Å². The average Bonchev–Trinajstić information content (AvgIpc) is 3.45. The zero-order valence-corrected chi connectivity index (χ0v) is 22.8. The van der Waals surface area contributed by atoms with Gasteiger partial charge in [-0.15, -0.1) is 0 Å². The van der Waals surface area contributed by atoms with Crippen LogP contribution < -0.4 is 10.6 Å². The standard InChI is InChI=1S/C30H38ClN3O4/c1-18-13-14-20(17-22(18)31)33-27(35)24-23-15-16-30(38-23)25(24)29(37)34(21-11-7-2-3-8-12-21)26(30)28(36)32-19-9-5-4-6-10-19/h13-17,19,21,23-26H,2-12H2,1H3,(H,32,36)(H,33,35)/t23-,24+,25-,26+,30-/m0/s1. The number of benzene rings is 1. The maximum Gasteiger partial charge on any atom is 0.246 e. The van der Waals surface area contributed by atoms with Crippen LogP contribution in [-0.2, 0) is 19.1 Å². The third-order valence-corrected chi connectivity index (χ3v) is 9.88. The molecule has 2 N–H and O–H groups in total. The Hall–Kier alpha value is -2.38. The minimum Gasteiger partial charge on any atom is -0.359 e. The van der Waals surface area contributed by atoms with E-state index in [1.54, 1.807) is 6.07 Å². The van der Waals surface area contributed by atoms with Crippen LogP contribution in [0.4, 0.5) is 5.69 Å². The molecular formula is C30H38ClN3O4. The van der Waals surface area contributed by atoms with E-state index in [1.165, 1.54) is 6.42 Å². The van der Waals surface area contributed by atoms with Gasteiger partial charge < -0.3 is 20.3 Å². The van der Waals surface area contributed by atoms with E-state index in [9.17, 15) is 14.4 Å². The van der Waals surface area contributed by atoms with Crippen molar-refractivity contribution in [1.29, 1.82) is 0 Å². The number of nitrogens with zero attached hydrogens (tertiary/aromatic N) is 1. The summed E-state index contributed by atoms with van der Waals surface area (Å²) < 4.78 is 6.52. The van der Waals surface area contributed by atoms with Crippen molar-refractivity contribution in [1.82, 2.24) is 10.2 Å². The number of carbonyl (C=O) groups excluding carboxylic acids is 3. The maximum absolute atomic E-state index is 14.3. The van der Waals surface area contributed by atoms with E-state index in [1.807, 2.05) is 36.1 Å². The van der Waals surface area contributed by atoms with Gasteiger partial charge in [0.1, 0.15) is 11.6 Å². The number of aryl methyl sites for hydroxylation is 1. The number of rotatable bonds is 5. The molecule has 5 atom stereocenters. The highest BCUT2D eigenvalue weighted by atomic mass is 35.5. The number of nitrogens with one attached hydrogen (secondary N) is 2. The number of hydrogen-bond donors (Lipinski definition) is 2. The summed E-state index contributed by atoms with van der Waals surface area (Å²) in [6.45, 7) is 1.91. The molecule has 204 valence electrons. The van der Waals surface area contributed by atoms with Crippen molar-refractivity contribution in [2.75, 3.05) is 5.32 Å². The molecule has 2 saturated carbocycles. The third kappa shape index (κ3) is 4.36. The lowest BCUT2D eigenvalue weighted by atomic mass is 9.74. The van der Waals surface area contributed by atoms with Gasteiger partial charge >= 0.3 is 0 Å². The predicted molar refractivity (Wildman–Crippen MR) is 146 cm³/mol. The first kappa shape index (κ1) is 25.9. The number of carbonyl (C=O) groups is 3. The van der Waals surface area contributed by atoms with E-state index in [4.69, 9.17) is 16.3 Å². The molecular weight excluding hydrogens is 502 g/mol. The highest BCUT2D eigenvalue weighted by Gasteiger charge is 2.73. The molecule has 2 saturated heterocycles. The zero-order valence-electron chi connectivity index (χ0n) is 22.1. The molecule has 8 heteroatoms. The number of amides is 3. The summed E-state index contributed by atoms with van der Waals surface area (Å²) in [6.07, 6.45) is 14.8. The van der Waals surface area contributed by atoms with Crippen molar-refractivity contribution in [2.24, 2.45) is 11.8 Å². The van der Waals surface area contributed by atoms with Crippen LogP contribution in [0.2, 0.25) is 5.02 Å². The highest BCUT2D eigenvalue weighted by Crippen LogP contribution is 2.56. The Balaban J connectivity index is 1.32. The monoisotopic (exact) mass is 539 g/mol. The second-order valence-electron chi connectivity index (χ2n) is 11.9. The van der Waals surface area contributed by atoms with Gasteiger partial charge in [0.15, 0.2) is 0 Å². The molecule has 38 heavy (non-hydrogen) atoms. The summed E-state index contributed by atoms with van der Waals surface area (Å²) in [5, 5.41) is 6.83. The van der Waals surface area contributed by atoms with Gasteiger partial charge in [0.05, 0.1) is 17.9 Å². The molecule has 4 fully saturated rings. The van der Waals surface area contributed by atoms with E-state index in [0.29, 0.717) is 10.7 Å². The molecule has 3 aliphatic heterocycles. The SMILES string of the molecule is Cc1ccc(NC(=O)[C@@H]2[C@@H]3C=C[C@]4(O3)[C@@H]2C(=O)N(C2CCCCCC2)[C@@H]4C(=O)NC2CCCCC2)cc1Cl. The molecule has 2 bridgehead atoms. The molecule has 1 aromatic carbocycles. The van der Waals surface area contributed by atoms with Crippen molar-refractivity contribution in [2.45, 2.75) is 107 Å². The van der Waals surface area contributed by atoms with Gasteiger partial charge in [0.2, 0.25) is 17.7 Å². The summed E-state index contributed by atoms with van der Waals surface area (Å²) in [4.78, 5) is 43.8. The topological polar surface area (TPSA) is 87.7 Å². The second-order valence-corrected chi connectivity index (χ2v) is 12.3. The molecule has 0 unspecified atom stereocenters. The van der Waals surface area contributed by atoms with Gasteiger partial charge in [-0.05, 0) is 50.3 Å². The molecule has 3 amide bonds. The van der Waals surface area contributed by atoms with Gasteiger partial charge in [0, 0.05) is 22.8 Å². The Bertz CT molecular complexity index is 1140. The third-order valence-electron chi connectivity index (χ3n) is 9.47. The van der Waals surface area contributed by atoms with E-state index < -0.39 is 29.6 Å². The molecule has 3 heterocycles. The maximum atomic E-state index is 14.3. The minimum atomic E-state index is -1.11. The van der Waals surface area contributed by atoms with Gasteiger partial charge in [-0.1, -0.05) is 74.8 Å². The van der Waals surface area contributed by atoms with E-state index in [2.05, 4.69) is 10.6 Å². The zero-order chi connectivity index (χ0) is 26.4. The Labute approximate surface area is 229 Å². The molecule has 5 aliphatic rings. The quantitative estimate of drug-likeness (QED) is 0.411. The van der Waals surface area contributed by atoms with Crippen LogP contribution >= 0.6 is 11.6 Å². The predicted octanol–water partition coefficient (Wildman–Crippen LogP) is 4.91. The van der Waals surface area contributed by atoms with Gasteiger partial charge in [-0.25, -0.2) is 0 Å². The van der Waals surface area contributed by atoms with Crippen molar-refractivity contribution in [3.05, 3.63) is 40.9 Å². The van der Waals surface area contributed by atoms with Crippen LogP contribution in [0, 0.1) is 18.8 Å². The number of ether oxygens (including phenoxy) is 1. The van der Waals surface area contributed by atoms with Gasteiger partial charge in [-0.3, -0.25) is 14.4 Å². The fourth-order valence-electron chi connectivity index (χ4n) is 7.56. The van der Waals surface area contributed by atoms with Crippen molar-refractivity contribution in [3.8, 4) is 0 Å². The molecule has 0 aromatic heterocycles. The van der Waals surface area contributed by atoms with E-state index >= 15 is 0 Å². The fourth-order valence-corrected chi connectivity index (χ4v) is 7.74. The number of anilines is 1. The molecule has 7 nitrogen and oxygen atoms in total.